The lowest BCUT2D eigenvalue weighted by Gasteiger charge is -2.23. The minimum atomic E-state index is -4.38. The van der Waals surface area contributed by atoms with Gasteiger partial charge in [-0.05, 0) is 19.4 Å². The smallest absolute Gasteiger partial charge is 0.362 e. The van der Waals surface area contributed by atoms with Gasteiger partial charge in [-0.1, -0.05) is 0 Å². The average molecular weight is 240 g/mol. The summed E-state index contributed by atoms with van der Waals surface area (Å²) < 4.78 is 39.3. The molecule has 1 aliphatic rings. The van der Waals surface area contributed by atoms with Crippen LogP contribution in [-0.2, 0) is 9.53 Å². The van der Waals surface area contributed by atoms with Gasteiger partial charge in [0.1, 0.15) is 13.2 Å². The van der Waals surface area contributed by atoms with E-state index in [1.54, 1.807) is 0 Å². The summed E-state index contributed by atoms with van der Waals surface area (Å²) in [5, 5.41) is 5.70. The number of hydrogen-bond donors (Lipinski definition) is 2. The molecule has 0 aliphatic carbocycles. The molecule has 1 aliphatic heterocycles. The van der Waals surface area contributed by atoms with Gasteiger partial charge in [0, 0.05) is 12.6 Å². The molecule has 2 N–H and O–H groups in total. The summed E-state index contributed by atoms with van der Waals surface area (Å²) in [4.78, 5) is 11.2. The Morgan fingerprint density at radius 3 is 2.81 bits per heavy atom. The van der Waals surface area contributed by atoms with E-state index < -0.39 is 25.3 Å². The fourth-order valence-electron chi connectivity index (χ4n) is 1.50. The van der Waals surface area contributed by atoms with Crippen molar-refractivity contribution in [3.05, 3.63) is 0 Å². The van der Waals surface area contributed by atoms with Crippen LogP contribution in [0.4, 0.5) is 13.2 Å². The highest BCUT2D eigenvalue weighted by Crippen LogP contribution is 2.14. The minimum absolute atomic E-state index is 0.00395. The van der Waals surface area contributed by atoms with E-state index in [4.69, 9.17) is 0 Å². The zero-order valence-electron chi connectivity index (χ0n) is 8.77. The molecule has 0 aromatic carbocycles. The van der Waals surface area contributed by atoms with Crippen LogP contribution >= 0.6 is 0 Å². The monoisotopic (exact) mass is 240 g/mol. The van der Waals surface area contributed by atoms with E-state index >= 15 is 0 Å². The number of hydrogen-bond acceptors (Lipinski definition) is 3. The van der Waals surface area contributed by atoms with Gasteiger partial charge in [-0.2, -0.15) is 13.2 Å². The van der Waals surface area contributed by atoms with Crippen molar-refractivity contribution in [2.24, 2.45) is 0 Å². The van der Waals surface area contributed by atoms with Gasteiger partial charge in [0.2, 0.25) is 5.91 Å². The third-order valence-corrected chi connectivity index (χ3v) is 2.16. The summed E-state index contributed by atoms with van der Waals surface area (Å²) in [6.07, 6.45) is -2.58. The first-order valence-electron chi connectivity index (χ1n) is 5.12. The minimum Gasteiger partial charge on any atom is -0.362 e. The SMILES string of the molecule is O=C(COCC(F)(F)F)N[C@@H]1CCCNC1. The standard InChI is InChI=1S/C9H15F3N2O2/c10-9(11,12)6-16-5-8(15)14-7-2-1-3-13-4-7/h7,13H,1-6H2,(H,14,15)/t7-/m1/s1. The molecule has 1 amide bonds. The van der Waals surface area contributed by atoms with Crippen molar-refractivity contribution >= 4 is 5.91 Å². The Labute approximate surface area is 91.5 Å². The highest BCUT2D eigenvalue weighted by Gasteiger charge is 2.28. The fraction of sp³-hybridized carbons (Fsp3) is 0.889. The van der Waals surface area contributed by atoms with Crippen LogP contribution in [-0.4, -0.2) is 44.4 Å². The lowest BCUT2D eigenvalue weighted by molar-refractivity contribution is -0.175. The van der Waals surface area contributed by atoms with Gasteiger partial charge in [-0.3, -0.25) is 4.79 Å². The van der Waals surface area contributed by atoms with Gasteiger partial charge in [0.25, 0.3) is 0 Å². The van der Waals surface area contributed by atoms with Crippen LogP contribution in [0.25, 0.3) is 0 Å². The Bertz CT molecular complexity index is 227. The molecule has 1 saturated heterocycles. The number of piperidine rings is 1. The van der Waals surface area contributed by atoms with E-state index in [0.717, 1.165) is 19.4 Å². The van der Waals surface area contributed by atoms with E-state index in [2.05, 4.69) is 15.4 Å². The van der Waals surface area contributed by atoms with E-state index in [-0.39, 0.29) is 6.04 Å². The van der Waals surface area contributed by atoms with E-state index in [1.807, 2.05) is 0 Å². The zero-order valence-corrected chi connectivity index (χ0v) is 8.77. The Morgan fingerprint density at radius 1 is 1.50 bits per heavy atom. The third-order valence-electron chi connectivity index (χ3n) is 2.16. The molecule has 7 heteroatoms. The summed E-state index contributed by atoms with van der Waals surface area (Å²) in [6, 6.07) is -0.00395. The van der Waals surface area contributed by atoms with Gasteiger partial charge in [0.05, 0.1) is 0 Å². The fourth-order valence-corrected chi connectivity index (χ4v) is 1.50. The lowest BCUT2D eigenvalue weighted by Crippen LogP contribution is -2.46. The first-order valence-corrected chi connectivity index (χ1v) is 5.12. The second kappa shape index (κ2) is 6.05. The Hall–Kier alpha value is -0.820. The van der Waals surface area contributed by atoms with Crippen LogP contribution in [0.5, 0.6) is 0 Å². The summed E-state index contributed by atoms with van der Waals surface area (Å²) in [7, 11) is 0. The van der Waals surface area contributed by atoms with Gasteiger partial charge in [-0.15, -0.1) is 0 Å². The van der Waals surface area contributed by atoms with Gasteiger partial charge in [0.15, 0.2) is 0 Å². The summed E-state index contributed by atoms with van der Waals surface area (Å²) in [5.74, 6) is -0.502. The van der Waals surface area contributed by atoms with E-state index in [9.17, 15) is 18.0 Å². The second-order valence-electron chi connectivity index (χ2n) is 3.72. The number of ether oxygens (including phenoxy) is 1. The lowest BCUT2D eigenvalue weighted by atomic mass is 10.1. The van der Waals surface area contributed by atoms with E-state index in [1.165, 1.54) is 0 Å². The van der Waals surface area contributed by atoms with Crippen molar-refractivity contribution in [1.82, 2.24) is 10.6 Å². The van der Waals surface area contributed by atoms with Crippen molar-refractivity contribution in [2.75, 3.05) is 26.3 Å². The maximum absolute atomic E-state index is 11.7. The number of nitrogens with one attached hydrogen (secondary N) is 2. The van der Waals surface area contributed by atoms with Crippen molar-refractivity contribution in [2.45, 2.75) is 25.1 Å². The molecule has 1 atom stereocenters. The van der Waals surface area contributed by atoms with Crippen LogP contribution in [0, 0.1) is 0 Å². The van der Waals surface area contributed by atoms with E-state index in [0.29, 0.717) is 6.54 Å². The zero-order chi connectivity index (χ0) is 12.0. The Balaban J connectivity index is 2.10. The number of carbonyl (C=O) groups is 1. The normalized spacial score (nSPS) is 21.8. The van der Waals surface area contributed by atoms with Crippen LogP contribution in [0.1, 0.15) is 12.8 Å². The number of alkyl halides is 3. The quantitative estimate of drug-likeness (QED) is 0.749. The molecule has 0 saturated carbocycles. The highest BCUT2D eigenvalue weighted by atomic mass is 19.4. The Kier molecular flexibility index (Phi) is 5.01. The summed E-state index contributed by atoms with van der Waals surface area (Å²) >= 11 is 0. The first kappa shape index (κ1) is 13.2. The summed E-state index contributed by atoms with van der Waals surface area (Å²) in [6.45, 7) is -0.360. The molecule has 0 spiro atoms. The molecule has 0 bridgehead atoms. The number of amides is 1. The molecule has 4 nitrogen and oxygen atoms in total. The molecule has 1 rings (SSSR count). The average Bonchev–Trinajstić information content (AvgIpc) is 2.17. The topological polar surface area (TPSA) is 50.4 Å². The second-order valence-corrected chi connectivity index (χ2v) is 3.72. The molecule has 0 aromatic heterocycles. The predicted molar refractivity (Wildman–Crippen MR) is 50.9 cm³/mol. The molecular formula is C9H15F3N2O2. The number of halogens is 3. The molecule has 0 unspecified atom stereocenters. The van der Waals surface area contributed by atoms with Crippen molar-refractivity contribution in [1.29, 1.82) is 0 Å². The largest absolute Gasteiger partial charge is 0.411 e. The maximum Gasteiger partial charge on any atom is 0.411 e. The molecule has 0 aromatic rings. The van der Waals surface area contributed by atoms with Crippen LogP contribution in [0.3, 0.4) is 0 Å². The van der Waals surface area contributed by atoms with Crippen molar-refractivity contribution in [3.8, 4) is 0 Å². The molecule has 16 heavy (non-hydrogen) atoms. The molecule has 1 fully saturated rings. The molecule has 0 radical (unpaired) electrons. The van der Waals surface area contributed by atoms with Gasteiger partial charge >= 0.3 is 6.18 Å². The maximum atomic E-state index is 11.7. The molecule has 94 valence electrons. The number of rotatable bonds is 4. The third kappa shape index (κ3) is 5.92. The van der Waals surface area contributed by atoms with Gasteiger partial charge < -0.3 is 15.4 Å². The highest BCUT2D eigenvalue weighted by molar-refractivity contribution is 5.77. The molecule has 1 heterocycles. The van der Waals surface area contributed by atoms with Crippen molar-refractivity contribution in [3.63, 3.8) is 0 Å². The van der Waals surface area contributed by atoms with Crippen LogP contribution < -0.4 is 10.6 Å². The first-order chi connectivity index (χ1) is 7.47. The van der Waals surface area contributed by atoms with Crippen LogP contribution in [0.15, 0.2) is 0 Å². The van der Waals surface area contributed by atoms with Crippen LogP contribution in [0.2, 0.25) is 0 Å². The summed E-state index contributed by atoms with van der Waals surface area (Å²) in [5.41, 5.74) is 0. The Morgan fingerprint density at radius 2 is 2.25 bits per heavy atom. The van der Waals surface area contributed by atoms with Gasteiger partial charge in [-0.25, -0.2) is 0 Å². The molecular weight excluding hydrogens is 225 g/mol. The number of carbonyl (C=O) groups excluding carboxylic acids is 1. The van der Waals surface area contributed by atoms with Crippen molar-refractivity contribution < 1.29 is 22.7 Å². The predicted octanol–water partition coefficient (Wildman–Crippen LogP) is 0.434.